The van der Waals surface area contributed by atoms with E-state index in [1.807, 2.05) is 0 Å². The van der Waals surface area contributed by atoms with Crippen LogP contribution in [-0.4, -0.2) is 13.9 Å². The van der Waals surface area contributed by atoms with Crippen molar-refractivity contribution >= 4 is 36.7 Å². The second kappa shape index (κ2) is 7.60. The molecule has 25 heavy (non-hydrogen) atoms. The van der Waals surface area contributed by atoms with Crippen molar-refractivity contribution in [1.29, 1.82) is 0 Å². The molecule has 0 N–H and O–H groups in total. The molecule has 0 atom stereocenters. The molecule has 0 unspecified atom stereocenters. The predicted molar refractivity (Wildman–Crippen MR) is 119 cm³/mol. The summed E-state index contributed by atoms with van der Waals surface area (Å²) in [7, 11) is -1.19. The molecule has 0 fully saturated rings. The van der Waals surface area contributed by atoms with Gasteiger partial charge >= 0.3 is 0 Å². The van der Waals surface area contributed by atoms with Crippen LogP contribution >= 0.6 is 6.89 Å². The Hall–Kier alpha value is -1.82. The molecule has 0 saturated heterocycles. The first-order valence-corrected chi connectivity index (χ1v) is 14.5. The van der Waals surface area contributed by atoms with Crippen molar-refractivity contribution in [2.75, 3.05) is 0 Å². The minimum Gasteiger partial charge on any atom is -0.0769 e. The van der Waals surface area contributed by atoms with Gasteiger partial charge in [-0.25, -0.2) is 0 Å². The third-order valence-corrected chi connectivity index (χ3v) is 10.3. The largest absolute Gasteiger partial charge is 0.0769 e. The Morgan fingerprint density at radius 3 is 1.20 bits per heavy atom. The number of hydrogen-bond donors (Lipinski definition) is 0. The van der Waals surface area contributed by atoms with Crippen molar-refractivity contribution in [3.8, 4) is 0 Å². The van der Waals surface area contributed by atoms with Gasteiger partial charge in [-0.15, -0.1) is 0 Å². The van der Waals surface area contributed by atoms with Crippen LogP contribution in [0.25, 0.3) is 0 Å². The van der Waals surface area contributed by atoms with E-state index in [9.17, 15) is 0 Å². The Bertz CT molecular complexity index is 743. The highest BCUT2D eigenvalue weighted by molar-refractivity contribution is 7.94. The Morgan fingerprint density at radius 1 is 0.600 bits per heavy atom. The quantitative estimate of drug-likeness (QED) is 0.436. The van der Waals surface area contributed by atoms with E-state index in [0.717, 1.165) is 0 Å². The number of rotatable bonds is 5. The first-order chi connectivity index (χ1) is 12.0. The fourth-order valence-electron chi connectivity index (χ4n) is 3.16. The molecule has 3 rings (SSSR count). The molecule has 0 heterocycles. The summed E-state index contributed by atoms with van der Waals surface area (Å²) in [5, 5.41) is 4.35. The highest BCUT2D eigenvalue weighted by Gasteiger charge is 2.25. The van der Waals surface area contributed by atoms with Gasteiger partial charge in [0.25, 0.3) is 0 Å². The van der Waals surface area contributed by atoms with Crippen LogP contribution in [0.3, 0.4) is 0 Å². The van der Waals surface area contributed by atoms with Crippen LogP contribution in [0.4, 0.5) is 0 Å². The van der Waals surface area contributed by atoms with E-state index in [1.165, 1.54) is 22.0 Å². The first kappa shape index (κ1) is 18.0. The van der Waals surface area contributed by atoms with E-state index in [-0.39, 0.29) is 0 Å². The van der Waals surface area contributed by atoms with E-state index in [4.69, 9.17) is 0 Å². The van der Waals surface area contributed by atoms with Crippen LogP contribution in [0.1, 0.15) is 0 Å². The van der Waals surface area contributed by atoms with Crippen molar-refractivity contribution in [2.45, 2.75) is 25.7 Å². The molecule has 0 aliphatic carbocycles. The second-order valence-electron chi connectivity index (χ2n) is 7.68. The van der Waals surface area contributed by atoms with Crippen LogP contribution in [-0.2, 0) is 0 Å². The zero-order valence-electron chi connectivity index (χ0n) is 15.4. The Balaban J connectivity index is 2.36. The fraction of sp³-hybridized carbons (Fsp3) is 0.174. The van der Waals surface area contributed by atoms with Gasteiger partial charge in [0.15, 0.2) is 0 Å². The number of hydrogen-bond acceptors (Lipinski definition) is 0. The summed E-state index contributed by atoms with van der Waals surface area (Å²) in [5.74, 6) is 2.68. The lowest BCUT2D eigenvalue weighted by Gasteiger charge is -2.30. The van der Waals surface area contributed by atoms with Crippen molar-refractivity contribution in [3.05, 3.63) is 91.0 Å². The standard InChI is InChI=1S/C23H27PSi/c1-25(2,3)20-19-24(21-13-7-4-8-14-21,22-15-9-5-10-16-22)23-17-11-6-12-18-23/h4-19H,20H2,1-3H3. The lowest BCUT2D eigenvalue weighted by atomic mass is 10.4. The van der Waals surface area contributed by atoms with Crippen LogP contribution in [0, 0.1) is 0 Å². The molecule has 0 amide bonds. The maximum absolute atomic E-state index is 2.68. The van der Waals surface area contributed by atoms with Crippen LogP contribution < -0.4 is 15.9 Å². The lowest BCUT2D eigenvalue weighted by Crippen LogP contribution is -2.29. The molecule has 3 aromatic rings. The van der Waals surface area contributed by atoms with E-state index < -0.39 is 15.0 Å². The van der Waals surface area contributed by atoms with Gasteiger partial charge in [-0.1, -0.05) is 116 Å². The molecule has 0 aliphatic heterocycles. The molecule has 0 radical (unpaired) electrons. The molecule has 0 bridgehead atoms. The molecule has 3 aromatic carbocycles. The molecule has 128 valence electrons. The Kier molecular flexibility index (Phi) is 5.47. The first-order valence-electron chi connectivity index (χ1n) is 8.92. The maximum atomic E-state index is 2.68. The normalized spacial score (nSPS) is 12.0. The lowest BCUT2D eigenvalue weighted by molar-refractivity contribution is 1.63. The zero-order chi connectivity index (χ0) is 17.8. The van der Waals surface area contributed by atoms with Gasteiger partial charge in [0.2, 0.25) is 0 Å². The van der Waals surface area contributed by atoms with E-state index in [2.05, 4.69) is 116 Å². The third kappa shape index (κ3) is 4.06. The Labute approximate surface area is 153 Å². The van der Waals surface area contributed by atoms with Gasteiger partial charge in [-0.2, -0.15) is 0 Å². The van der Waals surface area contributed by atoms with Gasteiger partial charge in [0.05, 0.1) is 0 Å². The van der Waals surface area contributed by atoms with Gasteiger partial charge in [-0.05, 0) is 28.8 Å². The summed E-state index contributed by atoms with van der Waals surface area (Å²) in [6.45, 7) is 5.63. The molecule has 0 nitrogen and oxygen atoms in total. The van der Waals surface area contributed by atoms with Crippen molar-refractivity contribution in [3.63, 3.8) is 0 Å². The summed E-state index contributed by atoms with van der Waals surface area (Å²) >= 11 is 0. The minimum atomic E-state index is -1.74. The highest BCUT2D eigenvalue weighted by atomic mass is 31.2. The fourth-order valence-corrected chi connectivity index (χ4v) is 9.90. The molecule has 0 aromatic heterocycles. The predicted octanol–water partition coefficient (Wildman–Crippen LogP) is 5.12. The molecular weight excluding hydrogens is 335 g/mol. The summed E-state index contributed by atoms with van der Waals surface area (Å²) in [4.78, 5) is 0. The van der Waals surface area contributed by atoms with Crippen molar-refractivity contribution in [1.82, 2.24) is 0 Å². The average Bonchev–Trinajstić information content (AvgIpc) is 2.64. The second-order valence-corrected chi connectivity index (χ2v) is 16.6. The summed E-state index contributed by atoms with van der Waals surface area (Å²) in [6, 6.07) is 34.5. The van der Waals surface area contributed by atoms with E-state index in [0.29, 0.717) is 0 Å². The third-order valence-electron chi connectivity index (χ3n) is 4.47. The van der Waals surface area contributed by atoms with Gasteiger partial charge < -0.3 is 0 Å². The average molecular weight is 363 g/mol. The maximum Gasteiger partial charge on any atom is 0.0481 e. The summed E-state index contributed by atoms with van der Waals surface area (Å²) in [5.41, 5.74) is 0. The number of benzene rings is 3. The van der Waals surface area contributed by atoms with Gasteiger partial charge in [0, 0.05) is 8.07 Å². The Morgan fingerprint density at radius 2 is 0.920 bits per heavy atom. The molecule has 0 saturated carbocycles. The zero-order valence-corrected chi connectivity index (χ0v) is 17.3. The molecule has 0 spiro atoms. The minimum absolute atomic E-state index is 1.19. The highest BCUT2D eigenvalue weighted by Crippen LogP contribution is 2.44. The smallest absolute Gasteiger partial charge is 0.0481 e. The molecular formula is C23H27PSi. The molecule has 0 aliphatic rings. The summed E-state index contributed by atoms with van der Waals surface area (Å²) in [6.07, 6.45) is 0. The van der Waals surface area contributed by atoms with Crippen LogP contribution in [0.5, 0.6) is 0 Å². The topological polar surface area (TPSA) is 0 Å². The van der Waals surface area contributed by atoms with Crippen LogP contribution in [0.15, 0.2) is 91.0 Å². The van der Waals surface area contributed by atoms with Gasteiger partial charge in [0.1, 0.15) is 0 Å². The monoisotopic (exact) mass is 362 g/mol. The van der Waals surface area contributed by atoms with Crippen LogP contribution in [0.2, 0.25) is 25.7 Å². The van der Waals surface area contributed by atoms with Gasteiger partial charge in [-0.3, -0.25) is 0 Å². The van der Waals surface area contributed by atoms with E-state index in [1.54, 1.807) is 0 Å². The molecule has 2 heteroatoms. The SMILES string of the molecule is C[Si](C)(C)CC=P(c1ccccc1)(c1ccccc1)c1ccccc1. The van der Waals surface area contributed by atoms with E-state index >= 15 is 0 Å². The van der Waals surface area contributed by atoms with Crippen molar-refractivity contribution < 1.29 is 0 Å². The van der Waals surface area contributed by atoms with Crippen molar-refractivity contribution in [2.24, 2.45) is 0 Å². The summed E-state index contributed by atoms with van der Waals surface area (Å²) < 4.78 is 0.